The van der Waals surface area contributed by atoms with Crippen molar-refractivity contribution in [1.29, 1.82) is 0 Å². The molecule has 2 aliphatic rings. The Hall–Kier alpha value is -1.57. The van der Waals surface area contributed by atoms with Gasteiger partial charge in [-0.1, -0.05) is 0 Å². The highest BCUT2D eigenvalue weighted by Gasteiger charge is 2.25. The number of piperidine rings is 1. The molecule has 9 heteroatoms. The molecule has 3 heterocycles. The van der Waals surface area contributed by atoms with Gasteiger partial charge < -0.3 is 14.9 Å². The molecule has 7 nitrogen and oxygen atoms in total. The zero-order valence-corrected chi connectivity index (χ0v) is 18.4. The average Bonchev–Trinajstić information content (AvgIpc) is 2.69. The van der Waals surface area contributed by atoms with Crippen LogP contribution in [0.5, 0.6) is 0 Å². The third kappa shape index (κ3) is 7.99. The van der Waals surface area contributed by atoms with Crippen LogP contribution in [0.4, 0.5) is 5.69 Å². The van der Waals surface area contributed by atoms with Crippen LogP contribution in [0.1, 0.15) is 32.1 Å². The molecule has 0 radical (unpaired) electrons. The number of piperazine rings is 1. The van der Waals surface area contributed by atoms with Crippen molar-refractivity contribution in [2.75, 3.05) is 50.7 Å². The van der Waals surface area contributed by atoms with E-state index in [-0.39, 0.29) is 37.1 Å². The second-order valence-corrected chi connectivity index (χ2v) is 7.58. The lowest BCUT2D eigenvalue weighted by Crippen LogP contribution is -2.51. The molecule has 1 aromatic heterocycles. The second-order valence-electron chi connectivity index (χ2n) is 7.58. The minimum absolute atomic E-state index is 0. The number of aliphatic carboxylic acids is 1. The summed E-state index contributed by atoms with van der Waals surface area (Å²) in [6.45, 7) is 5.81. The van der Waals surface area contributed by atoms with Gasteiger partial charge in [-0.3, -0.25) is 19.5 Å². The Morgan fingerprint density at radius 3 is 2.21 bits per heavy atom. The maximum Gasteiger partial charge on any atom is 0.303 e. The summed E-state index contributed by atoms with van der Waals surface area (Å²) in [7, 11) is 0. The van der Waals surface area contributed by atoms with Gasteiger partial charge in [-0.15, -0.1) is 24.8 Å². The first-order valence-corrected chi connectivity index (χ1v) is 9.98. The predicted octanol–water partition coefficient (Wildman–Crippen LogP) is 2.54. The highest BCUT2D eigenvalue weighted by atomic mass is 35.5. The number of aromatic nitrogens is 1. The van der Waals surface area contributed by atoms with E-state index in [0.717, 1.165) is 65.0 Å². The molecule has 0 bridgehead atoms. The van der Waals surface area contributed by atoms with Crippen LogP contribution in [0.15, 0.2) is 24.5 Å². The standard InChI is InChI=1S/C20H30N4O3.2ClH/c25-19(24-10-6-17(7-11-24)2-1-3-20(26)27)16-22-12-14-23(15-13-22)18-4-8-21-9-5-18;;/h4-5,8-9,17H,1-3,6-7,10-16H2,(H,26,27);2*1H. The largest absolute Gasteiger partial charge is 0.481 e. The molecule has 2 fully saturated rings. The molecule has 2 saturated heterocycles. The van der Waals surface area contributed by atoms with Crippen molar-refractivity contribution in [2.45, 2.75) is 32.1 Å². The van der Waals surface area contributed by atoms with E-state index in [1.54, 1.807) is 0 Å². The van der Waals surface area contributed by atoms with Gasteiger partial charge in [0.1, 0.15) is 0 Å². The normalized spacial score (nSPS) is 17.9. The highest BCUT2D eigenvalue weighted by molar-refractivity contribution is 5.85. The van der Waals surface area contributed by atoms with Crippen molar-refractivity contribution in [1.82, 2.24) is 14.8 Å². The molecule has 164 valence electrons. The summed E-state index contributed by atoms with van der Waals surface area (Å²) < 4.78 is 0. The minimum atomic E-state index is -0.716. The van der Waals surface area contributed by atoms with Gasteiger partial charge in [-0.2, -0.15) is 0 Å². The quantitative estimate of drug-likeness (QED) is 0.693. The third-order valence-corrected chi connectivity index (χ3v) is 5.73. The van der Waals surface area contributed by atoms with Gasteiger partial charge in [-0.25, -0.2) is 0 Å². The van der Waals surface area contributed by atoms with Crippen molar-refractivity contribution in [3.8, 4) is 0 Å². The smallest absolute Gasteiger partial charge is 0.303 e. The maximum absolute atomic E-state index is 12.6. The van der Waals surface area contributed by atoms with Gasteiger partial charge in [0, 0.05) is 63.8 Å². The number of amides is 1. The summed E-state index contributed by atoms with van der Waals surface area (Å²) in [5.74, 6) is 0.0836. The van der Waals surface area contributed by atoms with Gasteiger partial charge in [-0.05, 0) is 43.7 Å². The fourth-order valence-corrected chi connectivity index (χ4v) is 4.02. The molecule has 0 spiro atoms. The number of pyridine rings is 1. The lowest BCUT2D eigenvalue weighted by molar-refractivity contribution is -0.137. The Labute approximate surface area is 185 Å². The predicted molar refractivity (Wildman–Crippen MR) is 118 cm³/mol. The molecule has 1 N–H and O–H groups in total. The van der Waals surface area contributed by atoms with Crippen LogP contribution in [0.3, 0.4) is 0 Å². The van der Waals surface area contributed by atoms with E-state index in [1.165, 1.54) is 5.69 Å². The molecule has 0 aliphatic carbocycles. The van der Waals surface area contributed by atoms with E-state index >= 15 is 0 Å². The number of nitrogens with zero attached hydrogens (tertiary/aromatic N) is 4. The van der Waals surface area contributed by atoms with Crippen molar-refractivity contribution >= 4 is 42.4 Å². The fourth-order valence-electron chi connectivity index (χ4n) is 4.02. The van der Waals surface area contributed by atoms with Crippen molar-refractivity contribution in [3.05, 3.63) is 24.5 Å². The van der Waals surface area contributed by atoms with Crippen LogP contribution in [-0.2, 0) is 9.59 Å². The van der Waals surface area contributed by atoms with Gasteiger partial charge in [0.25, 0.3) is 0 Å². The Kier molecular flexibility index (Phi) is 11.3. The van der Waals surface area contributed by atoms with Crippen LogP contribution in [0.2, 0.25) is 0 Å². The molecule has 1 aromatic rings. The Bertz CT molecular complexity index is 619. The molecule has 0 unspecified atom stereocenters. The summed E-state index contributed by atoms with van der Waals surface area (Å²) >= 11 is 0. The number of carboxylic acids is 1. The van der Waals surface area contributed by atoms with Crippen LogP contribution < -0.4 is 4.90 Å². The maximum atomic E-state index is 12.6. The van der Waals surface area contributed by atoms with E-state index in [2.05, 4.69) is 14.8 Å². The summed E-state index contributed by atoms with van der Waals surface area (Å²) in [4.78, 5) is 33.9. The number of carboxylic acid groups (broad SMARTS) is 1. The summed E-state index contributed by atoms with van der Waals surface area (Å²) in [5.41, 5.74) is 1.20. The zero-order valence-electron chi connectivity index (χ0n) is 16.7. The fraction of sp³-hybridized carbons (Fsp3) is 0.650. The lowest BCUT2D eigenvalue weighted by atomic mass is 9.91. The van der Waals surface area contributed by atoms with Crippen LogP contribution >= 0.6 is 24.8 Å². The summed E-state index contributed by atoms with van der Waals surface area (Å²) in [5, 5.41) is 8.73. The molecule has 0 aromatic carbocycles. The van der Waals surface area contributed by atoms with Crippen molar-refractivity contribution in [3.63, 3.8) is 0 Å². The molecule has 0 atom stereocenters. The summed E-state index contributed by atoms with van der Waals surface area (Å²) in [6.07, 6.45) is 7.60. The SMILES string of the molecule is Cl.Cl.O=C(O)CCCC1CCN(C(=O)CN2CCN(c3ccncc3)CC2)CC1. The monoisotopic (exact) mass is 446 g/mol. The molecular weight excluding hydrogens is 415 g/mol. The van der Waals surface area contributed by atoms with E-state index in [4.69, 9.17) is 5.11 Å². The van der Waals surface area contributed by atoms with E-state index in [9.17, 15) is 9.59 Å². The topological polar surface area (TPSA) is 77.0 Å². The first kappa shape index (κ1) is 25.5. The Balaban J connectivity index is 0.00000210. The second kappa shape index (κ2) is 12.9. The lowest BCUT2D eigenvalue weighted by Gasteiger charge is -2.37. The van der Waals surface area contributed by atoms with Crippen LogP contribution in [-0.4, -0.2) is 77.6 Å². The number of halogens is 2. The Morgan fingerprint density at radius 2 is 1.62 bits per heavy atom. The summed E-state index contributed by atoms with van der Waals surface area (Å²) in [6, 6.07) is 4.06. The number of rotatable bonds is 7. The molecule has 1 amide bonds. The van der Waals surface area contributed by atoms with Gasteiger partial charge in [0.15, 0.2) is 0 Å². The highest BCUT2D eigenvalue weighted by Crippen LogP contribution is 2.23. The number of hydrogen-bond acceptors (Lipinski definition) is 5. The number of carbonyl (C=O) groups is 2. The first-order valence-electron chi connectivity index (χ1n) is 9.98. The number of anilines is 1. The van der Waals surface area contributed by atoms with E-state index in [0.29, 0.717) is 12.5 Å². The molecule has 0 saturated carbocycles. The van der Waals surface area contributed by atoms with Gasteiger partial charge >= 0.3 is 5.97 Å². The van der Waals surface area contributed by atoms with E-state index < -0.39 is 5.97 Å². The first-order chi connectivity index (χ1) is 13.1. The molecule has 3 rings (SSSR count). The van der Waals surface area contributed by atoms with Crippen molar-refractivity contribution in [2.24, 2.45) is 5.92 Å². The van der Waals surface area contributed by atoms with Gasteiger partial charge in [0.2, 0.25) is 5.91 Å². The zero-order chi connectivity index (χ0) is 19.1. The molecule has 29 heavy (non-hydrogen) atoms. The molecule has 2 aliphatic heterocycles. The average molecular weight is 447 g/mol. The number of carbonyl (C=O) groups excluding carboxylic acids is 1. The van der Waals surface area contributed by atoms with Crippen LogP contribution in [0.25, 0.3) is 0 Å². The number of hydrogen-bond donors (Lipinski definition) is 1. The molecular formula is C20H32Cl2N4O3. The van der Waals surface area contributed by atoms with Crippen LogP contribution in [0, 0.1) is 5.92 Å². The van der Waals surface area contributed by atoms with Crippen molar-refractivity contribution < 1.29 is 14.7 Å². The number of likely N-dealkylation sites (tertiary alicyclic amines) is 1. The van der Waals surface area contributed by atoms with Gasteiger partial charge in [0.05, 0.1) is 6.54 Å². The Morgan fingerprint density at radius 1 is 1.00 bits per heavy atom. The van der Waals surface area contributed by atoms with E-state index in [1.807, 2.05) is 29.4 Å². The third-order valence-electron chi connectivity index (χ3n) is 5.73. The minimum Gasteiger partial charge on any atom is -0.481 e.